The zero-order valence-electron chi connectivity index (χ0n) is 15.9. The molecular weight excluding hydrogens is 358 g/mol. The summed E-state index contributed by atoms with van der Waals surface area (Å²) in [6, 6.07) is 16.5. The molecule has 2 aromatic rings. The third-order valence-electron chi connectivity index (χ3n) is 4.53. The number of morpholine rings is 1. The van der Waals surface area contributed by atoms with Gasteiger partial charge in [-0.25, -0.2) is 9.59 Å². The number of amides is 2. The summed E-state index contributed by atoms with van der Waals surface area (Å²) in [5, 5.41) is 5.59. The van der Waals surface area contributed by atoms with Gasteiger partial charge < -0.3 is 20.1 Å². The highest BCUT2D eigenvalue weighted by molar-refractivity contribution is 5.92. The molecular formula is C21H25N3O4. The van der Waals surface area contributed by atoms with Crippen LogP contribution < -0.4 is 10.6 Å². The molecule has 1 heterocycles. The number of methoxy groups -OCH3 is 1. The van der Waals surface area contributed by atoms with Gasteiger partial charge >= 0.3 is 12.0 Å². The van der Waals surface area contributed by atoms with Crippen LogP contribution in [0.25, 0.3) is 0 Å². The number of benzene rings is 2. The first-order chi connectivity index (χ1) is 13.6. The summed E-state index contributed by atoms with van der Waals surface area (Å²) in [7, 11) is 1.33. The molecule has 0 unspecified atom stereocenters. The first kappa shape index (κ1) is 19.9. The van der Waals surface area contributed by atoms with Crippen molar-refractivity contribution in [1.82, 2.24) is 10.2 Å². The highest BCUT2D eigenvalue weighted by Gasteiger charge is 2.21. The average Bonchev–Trinajstić information content (AvgIpc) is 2.73. The summed E-state index contributed by atoms with van der Waals surface area (Å²) in [6.45, 7) is 3.60. The molecule has 0 spiro atoms. The van der Waals surface area contributed by atoms with Crippen LogP contribution in [0.5, 0.6) is 0 Å². The number of rotatable bonds is 6. The van der Waals surface area contributed by atoms with Crippen LogP contribution in [0.4, 0.5) is 10.5 Å². The van der Waals surface area contributed by atoms with Crippen LogP contribution in [0.2, 0.25) is 0 Å². The van der Waals surface area contributed by atoms with Gasteiger partial charge in [-0.05, 0) is 29.8 Å². The lowest BCUT2D eigenvalue weighted by atomic mass is 10.2. The van der Waals surface area contributed by atoms with Crippen LogP contribution in [-0.2, 0) is 16.0 Å². The summed E-state index contributed by atoms with van der Waals surface area (Å²) in [5.41, 5.74) is 2.30. The second kappa shape index (κ2) is 9.87. The molecule has 1 saturated heterocycles. The van der Waals surface area contributed by atoms with Gasteiger partial charge in [-0.15, -0.1) is 0 Å². The predicted molar refractivity (Wildman–Crippen MR) is 106 cm³/mol. The van der Waals surface area contributed by atoms with Crippen LogP contribution in [-0.4, -0.2) is 56.4 Å². The predicted octanol–water partition coefficient (Wildman–Crippen LogP) is 2.50. The van der Waals surface area contributed by atoms with Crippen molar-refractivity contribution in [3.05, 3.63) is 65.7 Å². The smallest absolute Gasteiger partial charge is 0.337 e. The zero-order chi connectivity index (χ0) is 19.8. The van der Waals surface area contributed by atoms with E-state index in [1.807, 2.05) is 18.2 Å². The fraction of sp³-hybridized carbons (Fsp3) is 0.333. The van der Waals surface area contributed by atoms with Gasteiger partial charge in [0.2, 0.25) is 0 Å². The van der Waals surface area contributed by atoms with Crippen molar-refractivity contribution in [3.8, 4) is 0 Å². The summed E-state index contributed by atoms with van der Waals surface area (Å²) in [4.78, 5) is 25.9. The number of esters is 1. The Morgan fingerprint density at radius 3 is 2.61 bits per heavy atom. The minimum Gasteiger partial charge on any atom is -0.465 e. The fourth-order valence-corrected chi connectivity index (χ4v) is 3.08. The van der Waals surface area contributed by atoms with Crippen molar-refractivity contribution in [2.75, 3.05) is 38.7 Å². The first-order valence-electron chi connectivity index (χ1n) is 9.25. The maximum Gasteiger partial charge on any atom is 0.337 e. The number of urea groups is 1. The van der Waals surface area contributed by atoms with E-state index in [1.54, 1.807) is 24.3 Å². The van der Waals surface area contributed by atoms with E-state index < -0.39 is 5.97 Å². The third-order valence-corrected chi connectivity index (χ3v) is 4.53. The van der Waals surface area contributed by atoms with Crippen molar-refractivity contribution in [3.63, 3.8) is 0 Å². The van der Waals surface area contributed by atoms with E-state index in [-0.39, 0.29) is 12.1 Å². The summed E-state index contributed by atoms with van der Waals surface area (Å²) >= 11 is 0. The second-order valence-corrected chi connectivity index (χ2v) is 6.62. The quantitative estimate of drug-likeness (QED) is 0.750. The Morgan fingerprint density at radius 1 is 1.14 bits per heavy atom. The Balaban J connectivity index is 1.43. The molecule has 7 nitrogen and oxygen atoms in total. The molecule has 148 valence electrons. The van der Waals surface area contributed by atoms with E-state index in [9.17, 15) is 9.59 Å². The van der Waals surface area contributed by atoms with Crippen molar-refractivity contribution in [2.45, 2.75) is 12.6 Å². The normalized spacial score (nSPS) is 17.0. The number of carbonyl (C=O) groups excluding carboxylic acids is 2. The van der Waals surface area contributed by atoms with Crippen LogP contribution in [0.15, 0.2) is 54.6 Å². The van der Waals surface area contributed by atoms with Crippen LogP contribution in [0.1, 0.15) is 15.9 Å². The van der Waals surface area contributed by atoms with Gasteiger partial charge in [-0.1, -0.05) is 30.3 Å². The Labute approximate surface area is 164 Å². The maximum absolute atomic E-state index is 12.1. The molecule has 0 saturated carbocycles. The van der Waals surface area contributed by atoms with E-state index in [0.717, 1.165) is 19.6 Å². The molecule has 3 rings (SSSR count). The minimum atomic E-state index is -0.412. The van der Waals surface area contributed by atoms with E-state index in [2.05, 4.69) is 32.4 Å². The lowest BCUT2D eigenvalue weighted by molar-refractivity contribution is -0.0285. The molecule has 1 aliphatic rings. The zero-order valence-corrected chi connectivity index (χ0v) is 15.9. The largest absolute Gasteiger partial charge is 0.465 e. The van der Waals surface area contributed by atoms with Crippen molar-refractivity contribution in [2.24, 2.45) is 0 Å². The van der Waals surface area contributed by atoms with E-state index >= 15 is 0 Å². The minimum absolute atomic E-state index is 0.0510. The number of anilines is 1. The van der Waals surface area contributed by atoms with Gasteiger partial charge in [-0.3, -0.25) is 4.90 Å². The Bertz CT molecular complexity index is 780. The van der Waals surface area contributed by atoms with Crippen molar-refractivity contribution in [1.29, 1.82) is 0 Å². The van der Waals surface area contributed by atoms with Gasteiger partial charge in [0, 0.05) is 31.9 Å². The number of nitrogens with zero attached hydrogens (tertiary/aromatic N) is 1. The van der Waals surface area contributed by atoms with Crippen LogP contribution >= 0.6 is 0 Å². The van der Waals surface area contributed by atoms with E-state index in [1.165, 1.54) is 12.7 Å². The number of ether oxygens (including phenoxy) is 2. The second-order valence-electron chi connectivity index (χ2n) is 6.62. The lowest BCUT2D eigenvalue weighted by Gasteiger charge is -2.33. The van der Waals surface area contributed by atoms with Gasteiger partial charge in [0.15, 0.2) is 0 Å². The topological polar surface area (TPSA) is 79.9 Å². The number of nitrogens with one attached hydrogen (secondary N) is 2. The molecule has 0 aliphatic carbocycles. The maximum atomic E-state index is 12.1. The molecule has 0 bridgehead atoms. The molecule has 2 aromatic carbocycles. The van der Waals surface area contributed by atoms with E-state index in [0.29, 0.717) is 24.4 Å². The van der Waals surface area contributed by atoms with Gasteiger partial charge in [0.25, 0.3) is 0 Å². The van der Waals surface area contributed by atoms with E-state index in [4.69, 9.17) is 4.74 Å². The Morgan fingerprint density at radius 2 is 1.89 bits per heavy atom. The molecule has 0 radical (unpaired) electrons. The van der Waals surface area contributed by atoms with Crippen molar-refractivity contribution >= 4 is 17.7 Å². The summed E-state index contributed by atoms with van der Waals surface area (Å²) in [5.74, 6) is -0.412. The molecule has 1 atom stereocenters. The monoisotopic (exact) mass is 383 g/mol. The fourth-order valence-electron chi connectivity index (χ4n) is 3.08. The van der Waals surface area contributed by atoms with Crippen LogP contribution in [0.3, 0.4) is 0 Å². The highest BCUT2D eigenvalue weighted by Crippen LogP contribution is 2.12. The molecule has 1 aliphatic heterocycles. The average molecular weight is 383 g/mol. The molecule has 1 fully saturated rings. The molecule has 7 heteroatoms. The Hall–Kier alpha value is -2.90. The van der Waals surface area contributed by atoms with Crippen molar-refractivity contribution < 1.29 is 19.1 Å². The SMILES string of the molecule is COC(=O)c1ccc(NC(=O)NC[C@H]2CN(Cc3ccccc3)CCO2)cc1. The summed E-state index contributed by atoms with van der Waals surface area (Å²) < 4.78 is 10.4. The van der Waals surface area contributed by atoms with Crippen LogP contribution in [0, 0.1) is 0 Å². The van der Waals surface area contributed by atoms with Gasteiger partial charge in [0.05, 0.1) is 25.4 Å². The number of hydrogen-bond donors (Lipinski definition) is 2. The number of hydrogen-bond acceptors (Lipinski definition) is 5. The Kier molecular flexibility index (Phi) is 7.00. The van der Waals surface area contributed by atoms with Gasteiger partial charge in [0.1, 0.15) is 0 Å². The summed E-state index contributed by atoms with van der Waals surface area (Å²) in [6.07, 6.45) is -0.0510. The molecule has 2 amide bonds. The van der Waals surface area contributed by atoms with Gasteiger partial charge in [-0.2, -0.15) is 0 Å². The standard InChI is InChI=1S/C21H25N3O4/c1-27-20(25)17-7-9-18(10-8-17)23-21(26)22-13-19-15-24(11-12-28-19)14-16-5-3-2-4-6-16/h2-10,19H,11-15H2,1H3,(H2,22,23,26)/t19-/m0/s1. The molecule has 28 heavy (non-hydrogen) atoms. The highest BCUT2D eigenvalue weighted by atomic mass is 16.5. The lowest BCUT2D eigenvalue weighted by Crippen LogP contribution is -2.47. The molecule has 2 N–H and O–H groups in total. The number of carbonyl (C=O) groups is 2. The third kappa shape index (κ3) is 5.80. The first-order valence-corrected chi connectivity index (χ1v) is 9.25. The molecule has 0 aromatic heterocycles.